The zero-order valence-electron chi connectivity index (χ0n) is 13.9. The lowest BCUT2D eigenvalue weighted by Crippen LogP contribution is -2.33. The van der Waals surface area contributed by atoms with Crippen molar-refractivity contribution in [3.05, 3.63) is 40.0 Å². The minimum Gasteiger partial charge on any atom is -0.294 e. The highest BCUT2D eigenvalue weighted by atomic mass is 16.1. The van der Waals surface area contributed by atoms with E-state index in [9.17, 15) is 4.79 Å². The van der Waals surface area contributed by atoms with Crippen LogP contribution in [0.1, 0.15) is 68.7 Å². The third-order valence-corrected chi connectivity index (χ3v) is 5.42. The number of Topliss-reactive ketones (excluding diaryl/α,β-unsaturated/α-hetero) is 1. The molecule has 0 heterocycles. The second-order valence-corrected chi connectivity index (χ2v) is 7.76. The van der Waals surface area contributed by atoms with Crippen molar-refractivity contribution in [3.8, 4) is 0 Å². The molecule has 0 radical (unpaired) electrons. The Kier molecular flexibility index (Phi) is 3.35. The summed E-state index contributed by atoms with van der Waals surface area (Å²) in [4.78, 5) is 13.2. The molecule has 0 saturated carbocycles. The largest absolute Gasteiger partial charge is 0.294 e. The molecule has 0 amide bonds. The maximum absolute atomic E-state index is 13.2. The summed E-state index contributed by atoms with van der Waals surface area (Å²) in [6, 6.07) is 4.45. The predicted molar refractivity (Wildman–Crippen MR) is 88.5 cm³/mol. The minimum atomic E-state index is 0.0484. The zero-order valence-corrected chi connectivity index (χ0v) is 13.9. The van der Waals surface area contributed by atoms with Crippen LogP contribution in [0.2, 0.25) is 0 Å². The van der Waals surface area contributed by atoms with Gasteiger partial charge in [-0.05, 0) is 71.4 Å². The molecule has 0 spiro atoms. The van der Waals surface area contributed by atoms with Crippen molar-refractivity contribution in [3.63, 3.8) is 0 Å². The van der Waals surface area contributed by atoms with Crippen LogP contribution in [0.4, 0.5) is 0 Å². The molecule has 21 heavy (non-hydrogen) atoms. The van der Waals surface area contributed by atoms with E-state index >= 15 is 0 Å². The summed E-state index contributed by atoms with van der Waals surface area (Å²) in [5.41, 5.74) is 6.49. The summed E-state index contributed by atoms with van der Waals surface area (Å²) < 4.78 is 0. The summed E-state index contributed by atoms with van der Waals surface area (Å²) in [6.45, 7) is 11.0. The molecule has 1 aromatic rings. The molecule has 0 saturated heterocycles. The van der Waals surface area contributed by atoms with Crippen molar-refractivity contribution in [2.24, 2.45) is 11.3 Å². The van der Waals surface area contributed by atoms with Crippen LogP contribution in [0.5, 0.6) is 0 Å². The van der Waals surface area contributed by atoms with Gasteiger partial charge in [0.2, 0.25) is 0 Å². The second kappa shape index (κ2) is 4.83. The summed E-state index contributed by atoms with van der Waals surface area (Å²) in [5.74, 6) is 0.720. The Labute approximate surface area is 128 Å². The second-order valence-electron chi connectivity index (χ2n) is 7.76. The molecule has 1 unspecified atom stereocenters. The van der Waals surface area contributed by atoms with Crippen molar-refractivity contribution < 1.29 is 4.79 Å². The van der Waals surface area contributed by atoms with Crippen molar-refractivity contribution in [2.75, 3.05) is 0 Å². The van der Waals surface area contributed by atoms with E-state index in [1.807, 2.05) is 0 Å². The number of ketones is 1. The van der Waals surface area contributed by atoms with Gasteiger partial charge in [-0.1, -0.05) is 39.8 Å². The lowest BCUT2D eigenvalue weighted by Gasteiger charge is -2.37. The number of hydrogen-bond donors (Lipinski definition) is 0. The van der Waals surface area contributed by atoms with Crippen LogP contribution in [-0.2, 0) is 11.2 Å². The summed E-state index contributed by atoms with van der Waals surface area (Å²) in [6.07, 6.45) is 5.59. The Morgan fingerprint density at radius 2 is 1.95 bits per heavy atom. The van der Waals surface area contributed by atoms with E-state index in [1.54, 1.807) is 0 Å². The minimum absolute atomic E-state index is 0.0484. The number of carbonyl (C=O) groups is 1. The quantitative estimate of drug-likeness (QED) is 0.703. The lowest BCUT2D eigenvalue weighted by molar-refractivity contribution is -0.119. The van der Waals surface area contributed by atoms with Crippen LogP contribution in [0.3, 0.4) is 0 Å². The van der Waals surface area contributed by atoms with Gasteiger partial charge in [0, 0.05) is 0 Å². The fraction of sp³-hybridized carbons (Fsp3) is 0.550. The highest BCUT2D eigenvalue weighted by Gasteiger charge is 2.43. The molecule has 0 fully saturated rings. The van der Waals surface area contributed by atoms with Gasteiger partial charge in [-0.15, -0.1) is 0 Å². The van der Waals surface area contributed by atoms with Gasteiger partial charge < -0.3 is 0 Å². The normalized spacial score (nSPS) is 23.6. The first-order valence-corrected chi connectivity index (χ1v) is 8.21. The molecule has 2 aliphatic rings. The molecule has 112 valence electrons. The maximum atomic E-state index is 13.2. The highest BCUT2D eigenvalue weighted by molar-refractivity contribution is 6.08. The molecule has 0 N–H and O–H groups in total. The number of aryl methyl sites for hydroxylation is 1. The molecule has 3 rings (SSSR count). The van der Waals surface area contributed by atoms with Crippen molar-refractivity contribution in [2.45, 2.75) is 59.8 Å². The van der Waals surface area contributed by atoms with Gasteiger partial charge in [-0.3, -0.25) is 4.79 Å². The molecular weight excluding hydrogens is 256 g/mol. The zero-order chi connectivity index (χ0) is 15.4. The van der Waals surface area contributed by atoms with Gasteiger partial charge >= 0.3 is 0 Å². The van der Waals surface area contributed by atoms with Crippen LogP contribution in [0.25, 0.3) is 6.08 Å². The van der Waals surface area contributed by atoms with Gasteiger partial charge in [0.05, 0.1) is 5.92 Å². The average molecular weight is 282 g/mol. The first-order valence-electron chi connectivity index (χ1n) is 8.21. The predicted octanol–water partition coefficient (Wildman–Crippen LogP) is 5.06. The topological polar surface area (TPSA) is 17.1 Å². The van der Waals surface area contributed by atoms with E-state index in [0.29, 0.717) is 11.7 Å². The fourth-order valence-electron chi connectivity index (χ4n) is 4.19. The van der Waals surface area contributed by atoms with Crippen molar-refractivity contribution in [1.29, 1.82) is 0 Å². The summed E-state index contributed by atoms with van der Waals surface area (Å²) in [5, 5.41) is 0. The monoisotopic (exact) mass is 282 g/mol. The van der Waals surface area contributed by atoms with Crippen LogP contribution in [-0.4, -0.2) is 5.78 Å². The van der Waals surface area contributed by atoms with Crippen LogP contribution < -0.4 is 0 Å². The Hall–Kier alpha value is -1.37. The van der Waals surface area contributed by atoms with Gasteiger partial charge in [-0.2, -0.15) is 0 Å². The summed E-state index contributed by atoms with van der Waals surface area (Å²) in [7, 11) is 0. The number of rotatable bonds is 1. The molecule has 0 bridgehead atoms. The van der Waals surface area contributed by atoms with Crippen LogP contribution in [0.15, 0.2) is 17.7 Å². The molecule has 1 heteroatoms. The Bertz CT molecular complexity index is 631. The standard InChI is InChI=1S/C20H26O/c1-12(2)16-11-14-9-8-13(3)15-7-6-10-20(4,5)18(17(14)15)19(16)21/h8-9,11-12,18H,6-7,10H2,1-5H3. The van der Waals surface area contributed by atoms with E-state index in [-0.39, 0.29) is 11.3 Å². The molecule has 0 aliphatic heterocycles. The molecular formula is C20H26O. The Morgan fingerprint density at radius 3 is 2.62 bits per heavy atom. The summed E-state index contributed by atoms with van der Waals surface area (Å²) >= 11 is 0. The Balaban J connectivity index is 2.32. The van der Waals surface area contributed by atoms with Crippen LogP contribution >= 0.6 is 0 Å². The van der Waals surface area contributed by atoms with E-state index in [0.717, 1.165) is 18.4 Å². The van der Waals surface area contributed by atoms with Gasteiger partial charge in [-0.25, -0.2) is 0 Å². The molecule has 2 aliphatic carbocycles. The first-order chi connectivity index (χ1) is 9.83. The van der Waals surface area contributed by atoms with Crippen LogP contribution in [0, 0.1) is 18.3 Å². The van der Waals surface area contributed by atoms with Crippen molar-refractivity contribution in [1.82, 2.24) is 0 Å². The van der Waals surface area contributed by atoms with Gasteiger partial charge in [0.1, 0.15) is 0 Å². The van der Waals surface area contributed by atoms with Gasteiger partial charge in [0.15, 0.2) is 5.78 Å². The number of benzene rings is 1. The van der Waals surface area contributed by atoms with E-state index in [4.69, 9.17) is 0 Å². The smallest absolute Gasteiger partial charge is 0.167 e. The third-order valence-electron chi connectivity index (χ3n) is 5.42. The highest BCUT2D eigenvalue weighted by Crippen LogP contribution is 2.50. The third kappa shape index (κ3) is 2.18. The number of hydrogen-bond acceptors (Lipinski definition) is 1. The lowest BCUT2D eigenvalue weighted by atomic mass is 9.65. The molecule has 0 aromatic heterocycles. The maximum Gasteiger partial charge on any atom is 0.167 e. The number of carbonyl (C=O) groups excluding carboxylic acids is 1. The SMILES string of the molecule is Cc1ccc2c3c1CCCC(C)(C)C3C(=O)C(C(C)C)=C2. The van der Waals surface area contributed by atoms with Crippen molar-refractivity contribution >= 4 is 11.9 Å². The van der Waals surface area contributed by atoms with Gasteiger partial charge in [0.25, 0.3) is 0 Å². The van der Waals surface area contributed by atoms with E-state index in [2.05, 4.69) is 52.8 Å². The Morgan fingerprint density at radius 1 is 1.24 bits per heavy atom. The molecule has 1 aromatic carbocycles. The number of allylic oxidation sites excluding steroid dienone is 1. The van der Waals surface area contributed by atoms with E-state index in [1.165, 1.54) is 28.7 Å². The first kappa shape index (κ1) is 14.6. The average Bonchev–Trinajstić information content (AvgIpc) is 2.53. The van der Waals surface area contributed by atoms with E-state index < -0.39 is 0 Å². The molecule has 1 atom stereocenters. The fourth-order valence-corrected chi connectivity index (χ4v) is 4.19. The molecule has 1 nitrogen and oxygen atoms in total.